The lowest BCUT2D eigenvalue weighted by atomic mass is 10.1. The highest BCUT2D eigenvalue weighted by Crippen LogP contribution is 2.26. The van der Waals surface area contributed by atoms with Gasteiger partial charge in [0.05, 0.1) is 22.3 Å². The van der Waals surface area contributed by atoms with Crippen LogP contribution in [0.15, 0.2) is 40.9 Å². The Morgan fingerprint density at radius 3 is 2.68 bits per heavy atom. The Morgan fingerprint density at radius 2 is 2.00 bits per heavy atom. The van der Waals surface area contributed by atoms with Gasteiger partial charge in [-0.3, -0.25) is 4.79 Å². The van der Waals surface area contributed by atoms with E-state index in [1.165, 1.54) is 0 Å². The van der Waals surface area contributed by atoms with Gasteiger partial charge in [0.25, 0.3) is 11.6 Å². The zero-order valence-electron chi connectivity index (χ0n) is 14.9. The average Bonchev–Trinajstić information content (AvgIpc) is 3.00. The van der Waals surface area contributed by atoms with Crippen LogP contribution in [-0.4, -0.2) is 47.6 Å². The van der Waals surface area contributed by atoms with Crippen molar-refractivity contribution in [1.82, 2.24) is 20.4 Å². The number of benzene rings is 1. The minimum absolute atomic E-state index is 0.149. The summed E-state index contributed by atoms with van der Waals surface area (Å²) in [5.74, 6) is -0.149. The molecule has 1 amide bonds. The molecule has 2 heterocycles. The van der Waals surface area contributed by atoms with E-state index in [0.29, 0.717) is 34.6 Å². The van der Waals surface area contributed by atoms with E-state index in [4.69, 9.17) is 4.52 Å². The molecule has 0 radical (unpaired) electrons. The first-order chi connectivity index (χ1) is 12.0. The molecule has 0 spiro atoms. The molecule has 2 aromatic heterocycles. The molecule has 1 N–H and O–H groups in total. The second kappa shape index (κ2) is 7.03. The van der Waals surface area contributed by atoms with E-state index in [-0.39, 0.29) is 11.9 Å². The predicted molar refractivity (Wildman–Crippen MR) is 97.5 cm³/mol. The molecule has 6 nitrogen and oxygen atoms in total. The number of hydrogen-bond donors (Lipinski definition) is 1. The summed E-state index contributed by atoms with van der Waals surface area (Å²) in [5.41, 5.74) is 3.19. The van der Waals surface area contributed by atoms with Gasteiger partial charge in [0.1, 0.15) is 0 Å². The van der Waals surface area contributed by atoms with Crippen molar-refractivity contribution < 1.29 is 9.32 Å². The summed E-state index contributed by atoms with van der Waals surface area (Å²) in [6, 6.07) is 11.8. The summed E-state index contributed by atoms with van der Waals surface area (Å²) in [6.07, 6.45) is 0. The number of nitrogens with zero attached hydrogens (tertiary/aromatic N) is 3. The van der Waals surface area contributed by atoms with Crippen molar-refractivity contribution in [2.24, 2.45) is 0 Å². The summed E-state index contributed by atoms with van der Waals surface area (Å²) >= 11 is 0. The van der Waals surface area contributed by atoms with E-state index >= 15 is 0 Å². The van der Waals surface area contributed by atoms with Gasteiger partial charge in [-0.25, -0.2) is 4.98 Å². The van der Waals surface area contributed by atoms with Crippen LogP contribution in [0.25, 0.3) is 22.4 Å². The molecule has 0 aliphatic rings. The number of nitrogens with one attached hydrogen (secondary N) is 1. The fraction of sp³-hybridized carbons (Fsp3) is 0.316. The number of amides is 1. The molecule has 0 bridgehead atoms. The molecule has 0 saturated heterocycles. The standard InChI is InChI=1S/C19H22N4O2/c1-12(23(3)4)11-20-18(24)15-10-16(14-8-6-5-7-9-14)21-19-17(15)13(2)22-25-19/h5-10,12H,11H2,1-4H3,(H,20,24)/t12-/m1/s1. The first-order valence-corrected chi connectivity index (χ1v) is 8.24. The van der Waals surface area contributed by atoms with Crippen LogP contribution in [0.2, 0.25) is 0 Å². The van der Waals surface area contributed by atoms with Gasteiger partial charge < -0.3 is 14.7 Å². The van der Waals surface area contributed by atoms with Crippen LogP contribution in [-0.2, 0) is 0 Å². The van der Waals surface area contributed by atoms with Gasteiger partial charge in [0.2, 0.25) is 0 Å². The lowest BCUT2D eigenvalue weighted by molar-refractivity contribution is 0.0945. The van der Waals surface area contributed by atoms with Crippen LogP contribution in [0, 0.1) is 6.92 Å². The molecule has 1 aromatic carbocycles. The Morgan fingerprint density at radius 1 is 1.28 bits per heavy atom. The zero-order chi connectivity index (χ0) is 18.0. The Bertz CT molecular complexity index is 887. The molecule has 0 unspecified atom stereocenters. The Kier molecular flexibility index (Phi) is 4.81. The minimum atomic E-state index is -0.149. The van der Waals surface area contributed by atoms with Crippen LogP contribution in [0.1, 0.15) is 23.0 Å². The summed E-state index contributed by atoms with van der Waals surface area (Å²) in [4.78, 5) is 19.4. The number of carbonyl (C=O) groups is 1. The molecule has 0 aliphatic carbocycles. The third-order valence-electron chi connectivity index (χ3n) is 4.37. The molecule has 3 aromatic rings. The molecular formula is C19H22N4O2. The number of carbonyl (C=O) groups excluding carboxylic acids is 1. The Labute approximate surface area is 146 Å². The van der Waals surface area contributed by atoms with Crippen LogP contribution >= 0.6 is 0 Å². The Hall–Kier alpha value is -2.73. The number of fused-ring (bicyclic) bond motifs is 1. The van der Waals surface area contributed by atoms with Gasteiger partial charge in [-0.2, -0.15) is 0 Å². The van der Waals surface area contributed by atoms with Crippen LogP contribution in [0.3, 0.4) is 0 Å². The largest absolute Gasteiger partial charge is 0.350 e. The Balaban J connectivity index is 2.00. The summed E-state index contributed by atoms with van der Waals surface area (Å²) in [5, 5.41) is 7.62. The monoisotopic (exact) mass is 338 g/mol. The van der Waals surface area contributed by atoms with Crippen molar-refractivity contribution in [3.05, 3.63) is 47.7 Å². The third-order valence-corrected chi connectivity index (χ3v) is 4.37. The van der Waals surface area contributed by atoms with Crippen molar-refractivity contribution in [3.8, 4) is 11.3 Å². The van der Waals surface area contributed by atoms with Crippen molar-refractivity contribution in [3.63, 3.8) is 0 Å². The maximum atomic E-state index is 12.8. The average molecular weight is 338 g/mol. The maximum absolute atomic E-state index is 12.8. The summed E-state index contributed by atoms with van der Waals surface area (Å²) in [6.45, 7) is 4.43. The van der Waals surface area contributed by atoms with Crippen molar-refractivity contribution in [1.29, 1.82) is 0 Å². The summed E-state index contributed by atoms with van der Waals surface area (Å²) < 4.78 is 5.32. The number of likely N-dealkylation sites (N-methyl/N-ethyl adjacent to an activating group) is 1. The van der Waals surface area contributed by atoms with Crippen molar-refractivity contribution in [2.75, 3.05) is 20.6 Å². The zero-order valence-corrected chi connectivity index (χ0v) is 14.9. The highest BCUT2D eigenvalue weighted by molar-refractivity contribution is 6.07. The first kappa shape index (κ1) is 17.1. The number of hydrogen-bond acceptors (Lipinski definition) is 5. The quantitative estimate of drug-likeness (QED) is 0.774. The highest BCUT2D eigenvalue weighted by atomic mass is 16.5. The van der Waals surface area contributed by atoms with E-state index < -0.39 is 0 Å². The topological polar surface area (TPSA) is 71.3 Å². The lowest BCUT2D eigenvalue weighted by Crippen LogP contribution is -2.38. The minimum Gasteiger partial charge on any atom is -0.350 e. The second-order valence-corrected chi connectivity index (χ2v) is 6.39. The van der Waals surface area contributed by atoms with Gasteiger partial charge in [-0.1, -0.05) is 35.5 Å². The molecule has 1 atom stereocenters. The normalized spacial score (nSPS) is 12.5. The first-order valence-electron chi connectivity index (χ1n) is 8.24. The number of pyridine rings is 1. The number of rotatable bonds is 5. The molecule has 130 valence electrons. The second-order valence-electron chi connectivity index (χ2n) is 6.39. The molecule has 0 aliphatic heterocycles. The van der Waals surface area contributed by atoms with Gasteiger partial charge in [-0.15, -0.1) is 0 Å². The van der Waals surface area contributed by atoms with E-state index in [0.717, 1.165) is 5.56 Å². The number of aryl methyl sites for hydroxylation is 1. The van der Waals surface area contributed by atoms with Crippen molar-refractivity contribution >= 4 is 17.0 Å². The lowest BCUT2D eigenvalue weighted by Gasteiger charge is -2.20. The highest BCUT2D eigenvalue weighted by Gasteiger charge is 2.19. The fourth-order valence-electron chi connectivity index (χ4n) is 2.55. The maximum Gasteiger partial charge on any atom is 0.259 e. The van der Waals surface area contributed by atoms with Crippen LogP contribution in [0.5, 0.6) is 0 Å². The predicted octanol–water partition coefficient (Wildman–Crippen LogP) is 2.88. The van der Waals surface area contributed by atoms with Gasteiger partial charge in [0.15, 0.2) is 0 Å². The van der Waals surface area contributed by atoms with Crippen LogP contribution in [0.4, 0.5) is 0 Å². The molecule has 0 saturated carbocycles. The molecule has 3 rings (SSSR count). The molecule has 0 fully saturated rings. The van der Waals surface area contributed by atoms with E-state index in [9.17, 15) is 4.79 Å². The van der Waals surface area contributed by atoms with E-state index in [2.05, 4.69) is 27.3 Å². The molecular weight excluding hydrogens is 316 g/mol. The van der Waals surface area contributed by atoms with Crippen molar-refractivity contribution in [2.45, 2.75) is 19.9 Å². The molecule has 6 heteroatoms. The SMILES string of the molecule is Cc1noc2nc(-c3ccccc3)cc(C(=O)NC[C@@H](C)N(C)C)c12. The third kappa shape index (κ3) is 3.53. The number of aromatic nitrogens is 2. The van der Waals surface area contributed by atoms with E-state index in [1.807, 2.05) is 51.4 Å². The van der Waals surface area contributed by atoms with Gasteiger partial charge in [-0.05, 0) is 34.0 Å². The van der Waals surface area contributed by atoms with E-state index in [1.54, 1.807) is 6.07 Å². The van der Waals surface area contributed by atoms with Gasteiger partial charge >= 0.3 is 0 Å². The summed E-state index contributed by atoms with van der Waals surface area (Å²) in [7, 11) is 3.97. The molecule has 25 heavy (non-hydrogen) atoms. The van der Waals surface area contributed by atoms with Crippen LogP contribution < -0.4 is 5.32 Å². The fourth-order valence-corrected chi connectivity index (χ4v) is 2.55. The smallest absolute Gasteiger partial charge is 0.259 e. The van der Waals surface area contributed by atoms with Gasteiger partial charge in [0, 0.05) is 18.2 Å².